The highest BCUT2D eigenvalue weighted by molar-refractivity contribution is 8.26. The third kappa shape index (κ3) is 4.38. The Labute approximate surface area is 173 Å². The maximum Gasteiger partial charge on any atom is 0.416 e. The summed E-state index contributed by atoms with van der Waals surface area (Å²) in [5.74, 6) is -1.27. The van der Waals surface area contributed by atoms with Crippen molar-refractivity contribution in [2.24, 2.45) is 0 Å². The van der Waals surface area contributed by atoms with Gasteiger partial charge in [-0.3, -0.25) is 9.69 Å². The van der Waals surface area contributed by atoms with Crippen molar-refractivity contribution in [3.8, 4) is 11.3 Å². The number of carbonyl (C=O) groups is 2. The van der Waals surface area contributed by atoms with E-state index < -0.39 is 29.7 Å². The predicted molar refractivity (Wildman–Crippen MR) is 106 cm³/mol. The van der Waals surface area contributed by atoms with Crippen molar-refractivity contribution in [3.63, 3.8) is 0 Å². The van der Waals surface area contributed by atoms with E-state index in [9.17, 15) is 27.9 Å². The number of rotatable bonds is 5. The number of carbonyl (C=O) groups excluding carboxylic acids is 1. The first-order valence-corrected chi connectivity index (χ1v) is 9.61. The molecule has 3 rings (SSSR count). The van der Waals surface area contributed by atoms with Crippen LogP contribution in [0.4, 0.5) is 13.2 Å². The lowest BCUT2D eigenvalue weighted by Crippen LogP contribution is -2.43. The zero-order valence-corrected chi connectivity index (χ0v) is 16.5. The van der Waals surface area contributed by atoms with Gasteiger partial charge < -0.3 is 9.52 Å². The first-order chi connectivity index (χ1) is 13.6. The van der Waals surface area contributed by atoms with Gasteiger partial charge in [0.2, 0.25) is 0 Å². The number of alkyl halides is 3. The fraction of sp³-hybridized carbons (Fsp3) is 0.211. The minimum Gasteiger partial charge on any atom is -0.480 e. The number of amides is 1. The molecule has 1 amide bonds. The lowest BCUT2D eigenvalue weighted by molar-refractivity contribution is -0.145. The van der Waals surface area contributed by atoms with Gasteiger partial charge >= 0.3 is 12.1 Å². The Morgan fingerprint density at radius 1 is 1.34 bits per heavy atom. The topological polar surface area (TPSA) is 70.8 Å². The average molecular weight is 441 g/mol. The summed E-state index contributed by atoms with van der Waals surface area (Å²) in [6.07, 6.45) is -2.89. The molecule has 1 aliphatic rings. The van der Waals surface area contributed by atoms with Gasteiger partial charge in [-0.2, -0.15) is 13.2 Å². The van der Waals surface area contributed by atoms with Gasteiger partial charge in [0.05, 0.1) is 10.5 Å². The summed E-state index contributed by atoms with van der Waals surface area (Å²) in [6, 6.07) is 6.64. The van der Waals surface area contributed by atoms with Crippen molar-refractivity contribution in [2.75, 3.05) is 0 Å². The van der Waals surface area contributed by atoms with Crippen molar-refractivity contribution in [1.29, 1.82) is 0 Å². The molecule has 0 spiro atoms. The number of hydrogen-bond donors (Lipinski definition) is 1. The monoisotopic (exact) mass is 441 g/mol. The molecular formula is C19H14F3NO4S2. The van der Waals surface area contributed by atoms with Crippen LogP contribution in [0.5, 0.6) is 0 Å². The number of thiocarbonyl (C=S) groups is 1. The molecule has 1 N–H and O–H groups in total. The molecule has 0 aliphatic carbocycles. The summed E-state index contributed by atoms with van der Waals surface area (Å²) >= 11 is 6.08. The normalized spacial score (nSPS) is 17.2. The highest BCUT2D eigenvalue weighted by atomic mass is 32.2. The summed E-state index contributed by atoms with van der Waals surface area (Å²) < 4.78 is 44.4. The smallest absolute Gasteiger partial charge is 0.416 e. The van der Waals surface area contributed by atoms with E-state index in [1.807, 2.05) is 0 Å². The minimum absolute atomic E-state index is 0.125. The van der Waals surface area contributed by atoms with Gasteiger partial charge in [-0.25, -0.2) is 4.79 Å². The van der Waals surface area contributed by atoms with E-state index in [0.717, 1.165) is 28.8 Å². The van der Waals surface area contributed by atoms with Crippen LogP contribution in [0, 0.1) is 0 Å². The third-order valence-corrected chi connectivity index (χ3v) is 5.51. The number of carboxylic acids is 1. The maximum absolute atomic E-state index is 12.9. The quantitative estimate of drug-likeness (QED) is 0.518. The third-order valence-electron chi connectivity index (χ3n) is 4.18. The molecule has 0 radical (unpaired) electrons. The second-order valence-corrected chi connectivity index (χ2v) is 7.77. The first-order valence-electron chi connectivity index (χ1n) is 8.39. The summed E-state index contributed by atoms with van der Waals surface area (Å²) in [7, 11) is 0. The van der Waals surface area contributed by atoms with Gasteiger partial charge in [-0.15, -0.1) is 0 Å². The number of furan rings is 1. The van der Waals surface area contributed by atoms with Crippen molar-refractivity contribution in [3.05, 3.63) is 52.6 Å². The van der Waals surface area contributed by atoms with Crippen molar-refractivity contribution < 1.29 is 32.3 Å². The zero-order chi connectivity index (χ0) is 21.3. The van der Waals surface area contributed by atoms with Gasteiger partial charge in [-0.05, 0) is 30.7 Å². The number of nitrogens with zero attached hydrogens (tertiary/aromatic N) is 1. The molecule has 0 bridgehead atoms. The molecule has 152 valence electrons. The molecule has 1 saturated heterocycles. The Morgan fingerprint density at radius 2 is 2.07 bits per heavy atom. The van der Waals surface area contributed by atoms with E-state index in [4.69, 9.17) is 16.6 Å². The van der Waals surface area contributed by atoms with Crippen molar-refractivity contribution >= 4 is 46.3 Å². The van der Waals surface area contributed by atoms with E-state index in [1.165, 1.54) is 30.3 Å². The number of aliphatic carboxylic acids is 1. The SMILES string of the molecule is CCC(C(=O)O)N1C(=O)/C(=C/c2ccc(-c3cccc(C(F)(F)F)c3)o2)SC1=S. The molecular weight excluding hydrogens is 427 g/mol. The molecule has 0 saturated carbocycles. The van der Waals surface area contributed by atoms with E-state index in [0.29, 0.717) is 0 Å². The van der Waals surface area contributed by atoms with Crippen LogP contribution in [0.3, 0.4) is 0 Å². The Morgan fingerprint density at radius 3 is 2.69 bits per heavy atom. The lowest BCUT2D eigenvalue weighted by atomic mass is 10.1. The van der Waals surface area contributed by atoms with Crippen molar-refractivity contribution in [1.82, 2.24) is 4.90 Å². The summed E-state index contributed by atoms with van der Waals surface area (Å²) in [6.45, 7) is 1.63. The second kappa shape index (κ2) is 8.03. The van der Waals surface area contributed by atoms with E-state index in [1.54, 1.807) is 6.92 Å². The predicted octanol–water partition coefficient (Wildman–Crippen LogP) is 5.03. The average Bonchev–Trinajstić information content (AvgIpc) is 3.22. The van der Waals surface area contributed by atoms with Gasteiger partial charge in [-0.1, -0.05) is 43.0 Å². The van der Waals surface area contributed by atoms with Crippen LogP contribution in [-0.4, -0.2) is 32.2 Å². The fourth-order valence-corrected chi connectivity index (χ4v) is 4.12. The standard InChI is InChI=1S/C19H14F3NO4S2/c1-2-13(17(25)26)23-16(24)15(29-18(23)28)9-12-6-7-14(27-12)10-4-3-5-11(8-10)19(20,21)22/h3-9,13H,2H2,1H3,(H,25,26)/b15-9-. The highest BCUT2D eigenvalue weighted by Gasteiger charge is 2.39. The minimum atomic E-state index is -4.47. The molecule has 1 aromatic carbocycles. The van der Waals surface area contributed by atoms with Crippen molar-refractivity contribution in [2.45, 2.75) is 25.6 Å². The molecule has 5 nitrogen and oxygen atoms in total. The van der Waals surface area contributed by atoms with Crippen LogP contribution in [0.25, 0.3) is 17.4 Å². The second-order valence-electron chi connectivity index (χ2n) is 6.09. The zero-order valence-electron chi connectivity index (χ0n) is 14.9. The van der Waals surface area contributed by atoms with Crippen LogP contribution in [0.2, 0.25) is 0 Å². The van der Waals surface area contributed by atoms with E-state index in [2.05, 4.69) is 0 Å². The van der Waals surface area contributed by atoms with Crippen LogP contribution < -0.4 is 0 Å². The Hall–Kier alpha value is -2.59. The van der Waals surface area contributed by atoms with Crippen LogP contribution in [-0.2, 0) is 15.8 Å². The van der Waals surface area contributed by atoms with Gasteiger partial charge in [0.15, 0.2) is 0 Å². The molecule has 2 aromatic rings. The highest BCUT2D eigenvalue weighted by Crippen LogP contribution is 2.36. The van der Waals surface area contributed by atoms with E-state index in [-0.39, 0.29) is 32.7 Å². The van der Waals surface area contributed by atoms with Crippen LogP contribution >= 0.6 is 24.0 Å². The molecule has 1 fully saturated rings. The molecule has 1 unspecified atom stereocenters. The molecule has 2 heterocycles. The number of carboxylic acid groups (broad SMARTS) is 1. The summed E-state index contributed by atoms with van der Waals surface area (Å²) in [4.78, 5) is 25.2. The molecule has 10 heteroatoms. The Bertz CT molecular complexity index is 1010. The molecule has 1 aliphatic heterocycles. The summed E-state index contributed by atoms with van der Waals surface area (Å²) in [5, 5.41) is 9.27. The number of benzene rings is 1. The fourth-order valence-electron chi connectivity index (χ4n) is 2.78. The molecule has 1 atom stereocenters. The lowest BCUT2D eigenvalue weighted by Gasteiger charge is -2.21. The summed E-state index contributed by atoms with van der Waals surface area (Å²) in [5.41, 5.74) is -0.558. The maximum atomic E-state index is 12.9. The van der Waals surface area contributed by atoms with Gasteiger partial charge in [0.1, 0.15) is 21.9 Å². The number of thioether (sulfide) groups is 1. The van der Waals surface area contributed by atoms with E-state index >= 15 is 0 Å². The van der Waals surface area contributed by atoms with Crippen LogP contribution in [0.1, 0.15) is 24.7 Å². The Balaban J connectivity index is 1.87. The number of hydrogen-bond acceptors (Lipinski definition) is 5. The largest absolute Gasteiger partial charge is 0.480 e. The van der Waals surface area contributed by atoms with Gasteiger partial charge in [0.25, 0.3) is 5.91 Å². The van der Waals surface area contributed by atoms with Gasteiger partial charge in [0, 0.05) is 11.6 Å². The first kappa shape index (κ1) is 21.1. The molecule has 29 heavy (non-hydrogen) atoms. The Kier molecular flexibility index (Phi) is 5.85. The number of halogens is 3. The van der Waals surface area contributed by atoms with Crippen LogP contribution in [0.15, 0.2) is 45.7 Å². The molecule has 1 aromatic heterocycles.